The molecule has 3 amide bonds. The molecular weight excluding hydrogens is 274 g/mol. The molecule has 0 fully saturated rings. The molecule has 8 heteroatoms. The summed E-state index contributed by atoms with van der Waals surface area (Å²) < 4.78 is 0. The van der Waals surface area contributed by atoms with Gasteiger partial charge in [-0.2, -0.15) is 0 Å². The Morgan fingerprint density at radius 1 is 0.952 bits per heavy atom. The SMILES string of the molecule is CN(C(=O)CN(CC(N)=O)CC(N)=O)c1ccc(N)cc1. The molecule has 0 saturated heterocycles. The first-order valence-corrected chi connectivity index (χ1v) is 6.20. The van der Waals surface area contributed by atoms with Gasteiger partial charge in [0.15, 0.2) is 0 Å². The summed E-state index contributed by atoms with van der Waals surface area (Å²) >= 11 is 0. The number of carbonyl (C=O) groups excluding carboxylic acids is 3. The molecule has 0 aliphatic heterocycles. The van der Waals surface area contributed by atoms with Crippen LogP contribution in [-0.4, -0.2) is 49.3 Å². The third kappa shape index (κ3) is 5.49. The smallest absolute Gasteiger partial charge is 0.240 e. The summed E-state index contributed by atoms with van der Waals surface area (Å²) in [4.78, 5) is 36.7. The van der Waals surface area contributed by atoms with Gasteiger partial charge in [-0.3, -0.25) is 19.3 Å². The van der Waals surface area contributed by atoms with E-state index in [9.17, 15) is 14.4 Å². The molecule has 0 spiro atoms. The lowest BCUT2D eigenvalue weighted by molar-refractivity contribution is -0.124. The highest BCUT2D eigenvalue weighted by Crippen LogP contribution is 2.15. The fourth-order valence-corrected chi connectivity index (χ4v) is 1.75. The summed E-state index contributed by atoms with van der Waals surface area (Å²) in [6.07, 6.45) is 0. The lowest BCUT2D eigenvalue weighted by Gasteiger charge is -2.23. The first-order valence-electron chi connectivity index (χ1n) is 6.20. The molecule has 0 bridgehead atoms. The van der Waals surface area contributed by atoms with Crippen LogP contribution in [0.15, 0.2) is 24.3 Å². The van der Waals surface area contributed by atoms with Gasteiger partial charge in [-0.05, 0) is 24.3 Å². The van der Waals surface area contributed by atoms with E-state index in [2.05, 4.69) is 0 Å². The Hall–Kier alpha value is -2.61. The Labute approximate surface area is 122 Å². The maximum atomic E-state index is 12.2. The highest BCUT2D eigenvalue weighted by Gasteiger charge is 2.18. The van der Waals surface area contributed by atoms with Crippen molar-refractivity contribution in [3.63, 3.8) is 0 Å². The van der Waals surface area contributed by atoms with Gasteiger partial charge in [-0.25, -0.2) is 0 Å². The molecule has 0 aliphatic carbocycles. The Balaban J connectivity index is 2.73. The summed E-state index contributed by atoms with van der Waals surface area (Å²) in [5, 5.41) is 0. The fraction of sp³-hybridized carbons (Fsp3) is 0.308. The quantitative estimate of drug-likeness (QED) is 0.526. The van der Waals surface area contributed by atoms with Gasteiger partial charge in [0.2, 0.25) is 17.7 Å². The number of nitrogens with zero attached hydrogens (tertiary/aromatic N) is 2. The van der Waals surface area contributed by atoms with Crippen LogP contribution in [0.1, 0.15) is 0 Å². The number of nitrogen functional groups attached to an aromatic ring is 1. The summed E-state index contributed by atoms with van der Waals surface area (Å²) in [6, 6.07) is 6.73. The van der Waals surface area contributed by atoms with E-state index in [0.29, 0.717) is 11.4 Å². The maximum absolute atomic E-state index is 12.2. The molecule has 0 aliphatic rings. The maximum Gasteiger partial charge on any atom is 0.240 e. The standard InChI is InChI=1S/C13H19N5O3/c1-17(10-4-2-9(14)3-5-10)13(21)8-18(6-11(15)19)7-12(16)20/h2-5H,6-8,14H2,1H3,(H2,15,19)(H2,16,20). The van der Waals surface area contributed by atoms with Crippen LogP contribution in [0.4, 0.5) is 11.4 Å². The minimum absolute atomic E-state index is 0.146. The van der Waals surface area contributed by atoms with Crippen molar-refractivity contribution >= 4 is 29.1 Å². The Morgan fingerprint density at radius 3 is 1.86 bits per heavy atom. The number of anilines is 2. The molecule has 0 radical (unpaired) electrons. The number of hydrogen-bond donors (Lipinski definition) is 3. The molecule has 114 valence electrons. The van der Waals surface area contributed by atoms with E-state index < -0.39 is 11.8 Å². The predicted molar refractivity (Wildman–Crippen MR) is 79.1 cm³/mol. The Morgan fingerprint density at radius 2 is 1.43 bits per heavy atom. The van der Waals surface area contributed by atoms with Crippen LogP contribution in [0.3, 0.4) is 0 Å². The van der Waals surface area contributed by atoms with Crippen molar-refractivity contribution in [3.8, 4) is 0 Å². The number of amides is 3. The van der Waals surface area contributed by atoms with Crippen molar-refractivity contribution < 1.29 is 14.4 Å². The second-order valence-electron chi connectivity index (χ2n) is 4.62. The first kappa shape index (κ1) is 16.4. The van der Waals surface area contributed by atoms with Crippen molar-refractivity contribution in [2.24, 2.45) is 11.5 Å². The van der Waals surface area contributed by atoms with Crippen LogP contribution >= 0.6 is 0 Å². The van der Waals surface area contributed by atoms with E-state index >= 15 is 0 Å². The molecule has 21 heavy (non-hydrogen) atoms. The number of nitrogens with two attached hydrogens (primary N) is 3. The largest absolute Gasteiger partial charge is 0.399 e. The van der Waals surface area contributed by atoms with Gasteiger partial charge in [-0.1, -0.05) is 0 Å². The summed E-state index contributed by atoms with van der Waals surface area (Å²) in [7, 11) is 1.58. The van der Waals surface area contributed by atoms with E-state index in [4.69, 9.17) is 17.2 Å². The fourth-order valence-electron chi connectivity index (χ4n) is 1.75. The van der Waals surface area contributed by atoms with Gasteiger partial charge in [0.1, 0.15) is 0 Å². The topological polar surface area (TPSA) is 136 Å². The van der Waals surface area contributed by atoms with Crippen LogP contribution in [-0.2, 0) is 14.4 Å². The minimum atomic E-state index is -0.640. The van der Waals surface area contributed by atoms with Crippen molar-refractivity contribution in [1.29, 1.82) is 0 Å². The van der Waals surface area contributed by atoms with Gasteiger partial charge in [0.05, 0.1) is 19.6 Å². The monoisotopic (exact) mass is 293 g/mol. The Bertz CT molecular complexity index is 513. The van der Waals surface area contributed by atoms with Gasteiger partial charge < -0.3 is 22.1 Å². The average molecular weight is 293 g/mol. The first-order chi connectivity index (χ1) is 9.79. The lowest BCUT2D eigenvalue weighted by Crippen LogP contribution is -2.45. The van der Waals surface area contributed by atoms with Gasteiger partial charge in [0.25, 0.3) is 0 Å². The lowest BCUT2D eigenvalue weighted by atomic mass is 10.2. The molecule has 0 heterocycles. The average Bonchev–Trinajstić information content (AvgIpc) is 2.37. The summed E-state index contributed by atoms with van der Waals surface area (Å²) in [5.74, 6) is -1.58. The third-order valence-corrected chi connectivity index (χ3v) is 2.77. The van der Waals surface area contributed by atoms with Crippen LogP contribution in [0.25, 0.3) is 0 Å². The number of likely N-dealkylation sites (N-methyl/N-ethyl adjacent to an activating group) is 1. The third-order valence-electron chi connectivity index (χ3n) is 2.77. The molecule has 8 nitrogen and oxygen atoms in total. The van der Waals surface area contributed by atoms with Crippen LogP contribution in [0.5, 0.6) is 0 Å². The predicted octanol–water partition coefficient (Wildman–Crippen LogP) is -1.50. The number of carbonyl (C=O) groups is 3. The number of rotatable bonds is 7. The molecule has 6 N–H and O–H groups in total. The number of primary amides is 2. The second-order valence-corrected chi connectivity index (χ2v) is 4.62. The van der Waals surface area contributed by atoms with E-state index in [1.54, 1.807) is 31.3 Å². The minimum Gasteiger partial charge on any atom is -0.399 e. The highest BCUT2D eigenvalue weighted by molar-refractivity contribution is 5.95. The molecule has 0 aromatic heterocycles. The number of benzene rings is 1. The molecular formula is C13H19N5O3. The number of hydrogen-bond acceptors (Lipinski definition) is 5. The molecule has 1 aromatic carbocycles. The van der Waals surface area contributed by atoms with Crippen LogP contribution in [0, 0.1) is 0 Å². The second kappa shape index (κ2) is 7.25. The van der Waals surface area contributed by atoms with E-state index in [-0.39, 0.29) is 25.5 Å². The molecule has 0 saturated carbocycles. The van der Waals surface area contributed by atoms with Crippen molar-refractivity contribution in [2.75, 3.05) is 37.3 Å². The van der Waals surface area contributed by atoms with E-state index in [1.807, 2.05) is 0 Å². The van der Waals surface area contributed by atoms with Crippen molar-refractivity contribution in [3.05, 3.63) is 24.3 Å². The summed E-state index contributed by atoms with van der Waals surface area (Å²) in [5.41, 5.74) is 17.0. The molecule has 1 rings (SSSR count). The molecule has 0 atom stereocenters. The van der Waals surface area contributed by atoms with Crippen molar-refractivity contribution in [2.45, 2.75) is 0 Å². The van der Waals surface area contributed by atoms with E-state index in [1.165, 1.54) is 9.80 Å². The highest BCUT2D eigenvalue weighted by atomic mass is 16.2. The molecule has 0 unspecified atom stereocenters. The van der Waals surface area contributed by atoms with Gasteiger partial charge in [-0.15, -0.1) is 0 Å². The van der Waals surface area contributed by atoms with E-state index in [0.717, 1.165) is 0 Å². The van der Waals surface area contributed by atoms with Gasteiger partial charge in [0, 0.05) is 18.4 Å². The zero-order valence-electron chi connectivity index (χ0n) is 11.8. The Kier molecular flexibility index (Phi) is 5.67. The normalized spacial score (nSPS) is 10.4. The van der Waals surface area contributed by atoms with Crippen LogP contribution in [0.2, 0.25) is 0 Å². The zero-order chi connectivity index (χ0) is 16.0. The molecule has 1 aromatic rings. The summed E-state index contributed by atoms with van der Waals surface area (Å²) in [6.45, 7) is -0.582. The zero-order valence-corrected chi connectivity index (χ0v) is 11.8. The van der Waals surface area contributed by atoms with Gasteiger partial charge >= 0.3 is 0 Å². The van der Waals surface area contributed by atoms with Crippen molar-refractivity contribution in [1.82, 2.24) is 4.90 Å². The van der Waals surface area contributed by atoms with Crippen LogP contribution < -0.4 is 22.1 Å².